The molecule has 1 aromatic rings. The molecule has 2 fully saturated rings. The first-order valence-corrected chi connectivity index (χ1v) is 8.69. The molecular formula is C17H28N4O2. The van der Waals surface area contributed by atoms with Crippen LogP contribution in [0.4, 0.5) is 5.82 Å². The SMILES string of the molecule is CNc1nccnc1C[C@@H]1CCCN(CC2(O)CCOCC2)C1. The molecule has 128 valence electrons. The molecular weight excluding hydrogens is 292 g/mol. The minimum atomic E-state index is -0.567. The predicted octanol–water partition coefficient (Wildman–Crippen LogP) is 1.31. The summed E-state index contributed by atoms with van der Waals surface area (Å²) in [7, 11) is 1.89. The van der Waals surface area contributed by atoms with Gasteiger partial charge in [-0.15, -0.1) is 0 Å². The van der Waals surface area contributed by atoms with Crippen molar-refractivity contribution in [3.8, 4) is 0 Å². The zero-order chi connectivity index (χ0) is 16.1. The molecule has 2 aliphatic heterocycles. The summed E-state index contributed by atoms with van der Waals surface area (Å²) in [6.45, 7) is 4.24. The van der Waals surface area contributed by atoms with Gasteiger partial charge in [-0.3, -0.25) is 4.98 Å². The topological polar surface area (TPSA) is 70.5 Å². The smallest absolute Gasteiger partial charge is 0.147 e. The van der Waals surface area contributed by atoms with E-state index in [-0.39, 0.29) is 0 Å². The molecule has 2 aliphatic rings. The Bertz CT molecular complexity index is 505. The third kappa shape index (κ3) is 4.40. The molecule has 0 spiro atoms. The lowest BCUT2D eigenvalue weighted by Gasteiger charge is -2.40. The fraction of sp³-hybridized carbons (Fsp3) is 0.765. The summed E-state index contributed by atoms with van der Waals surface area (Å²) in [5.74, 6) is 1.46. The Hall–Kier alpha value is -1.24. The molecule has 2 saturated heterocycles. The van der Waals surface area contributed by atoms with Gasteiger partial charge in [0.1, 0.15) is 5.82 Å². The summed E-state index contributed by atoms with van der Waals surface area (Å²) in [5, 5.41) is 13.9. The van der Waals surface area contributed by atoms with Crippen molar-refractivity contribution in [2.45, 2.75) is 37.7 Å². The minimum absolute atomic E-state index is 0.567. The third-order valence-corrected chi connectivity index (χ3v) is 5.04. The molecule has 3 rings (SSSR count). The maximum atomic E-state index is 10.7. The number of β-amino-alcohol motifs (C(OH)–C–C–N with tert-alkyl or cyclic N) is 1. The number of nitrogens with one attached hydrogen (secondary N) is 1. The largest absolute Gasteiger partial charge is 0.388 e. The number of aliphatic hydroxyl groups is 1. The molecule has 3 heterocycles. The van der Waals surface area contributed by atoms with Gasteiger partial charge < -0.3 is 20.1 Å². The number of hydrogen-bond acceptors (Lipinski definition) is 6. The fourth-order valence-electron chi connectivity index (χ4n) is 3.79. The van der Waals surface area contributed by atoms with E-state index in [2.05, 4.69) is 20.2 Å². The average Bonchev–Trinajstić information content (AvgIpc) is 2.56. The van der Waals surface area contributed by atoms with Gasteiger partial charge in [0.15, 0.2) is 0 Å². The fourth-order valence-corrected chi connectivity index (χ4v) is 3.79. The van der Waals surface area contributed by atoms with Gasteiger partial charge in [0.2, 0.25) is 0 Å². The lowest BCUT2D eigenvalue weighted by Crippen LogP contribution is -2.49. The number of anilines is 1. The van der Waals surface area contributed by atoms with Gasteiger partial charge >= 0.3 is 0 Å². The molecule has 0 aromatic carbocycles. The Labute approximate surface area is 138 Å². The Balaban J connectivity index is 1.57. The summed E-state index contributed by atoms with van der Waals surface area (Å²) in [5.41, 5.74) is 0.481. The third-order valence-electron chi connectivity index (χ3n) is 5.04. The van der Waals surface area contributed by atoms with Crippen molar-refractivity contribution in [2.75, 3.05) is 45.2 Å². The summed E-state index contributed by atoms with van der Waals surface area (Å²) < 4.78 is 5.38. The Morgan fingerprint density at radius 1 is 1.35 bits per heavy atom. The van der Waals surface area contributed by atoms with Crippen LogP contribution in [0.3, 0.4) is 0 Å². The van der Waals surface area contributed by atoms with Crippen molar-refractivity contribution in [2.24, 2.45) is 5.92 Å². The van der Waals surface area contributed by atoms with Crippen LogP contribution in [0.2, 0.25) is 0 Å². The van der Waals surface area contributed by atoms with Crippen LogP contribution in [-0.2, 0) is 11.2 Å². The predicted molar refractivity (Wildman–Crippen MR) is 89.4 cm³/mol. The average molecular weight is 320 g/mol. The van der Waals surface area contributed by atoms with Crippen molar-refractivity contribution in [1.29, 1.82) is 0 Å². The molecule has 0 bridgehead atoms. The first kappa shape index (κ1) is 16.6. The standard InChI is InChI=1S/C17H28N4O2/c1-18-16-15(19-6-7-20-16)11-14-3-2-8-21(12-14)13-17(22)4-9-23-10-5-17/h6-7,14,22H,2-5,8-13H2,1H3,(H,18,20)/t14-/m0/s1. The monoisotopic (exact) mass is 320 g/mol. The molecule has 0 amide bonds. The number of nitrogens with zero attached hydrogens (tertiary/aromatic N) is 3. The van der Waals surface area contributed by atoms with Crippen LogP contribution in [0.15, 0.2) is 12.4 Å². The van der Waals surface area contributed by atoms with Crippen molar-refractivity contribution in [3.63, 3.8) is 0 Å². The second-order valence-electron chi connectivity index (χ2n) is 6.89. The maximum Gasteiger partial charge on any atom is 0.147 e. The van der Waals surface area contributed by atoms with Gasteiger partial charge in [0, 0.05) is 58.6 Å². The van der Waals surface area contributed by atoms with Crippen LogP contribution in [0.1, 0.15) is 31.4 Å². The van der Waals surface area contributed by atoms with Crippen molar-refractivity contribution in [3.05, 3.63) is 18.1 Å². The van der Waals surface area contributed by atoms with E-state index in [0.29, 0.717) is 19.1 Å². The van der Waals surface area contributed by atoms with Crippen LogP contribution < -0.4 is 5.32 Å². The second kappa shape index (κ2) is 7.55. The zero-order valence-electron chi connectivity index (χ0n) is 14.0. The number of rotatable bonds is 5. The Kier molecular flexibility index (Phi) is 5.46. The van der Waals surface area contributed by atoms with E-state index < -0.39 is 5.60 Å². The van der Waals surface area contributed by atoms with E-state index in [1.165, 1.54) is 12.8 Å². The lowest BCUT2D eigenvalue weighted by atomic mass is 9.89. The minimum Gasteiger partial charge on any atom is -0.388 e. The number of hydrogen-bond donors (Lipinski definition) is 2. The summed E-state index contributed by atoms with van der Waals surface area (Å²) in [4.78, 5) is 11.3. The lowest BCUT2D eigenvalue weighted by molar-refractivity contribution is -0.0838. The van der Waals surface area contributed by atoms with Gasteiger partial charge in [0.25, 0.3) is 0 Å². The highest BCUT2D eigenvalue weighted by Gasteiger charge is 2.33. The number of ether oxygens (including phenoxy) is 1. The second-order valence-corrected chi connectivity index (χ2v) is 6.89. The molecule has 6 heteroatoms. The van der Waals surface area contributed by atoms with Gasteiger partial charge in [-0.25, -0.2) is 4.98 Å². The van der Waals surface area contributed by atoms with Crippen molar-refractivity contribution >= 4 is 5.82 Å². The van der Waals surface area contributed by atoms with Gasteiger partial charge in [0.05, 0.1) is 11.3 Å². The molecule has 1 aromatic heterocycles. The number of likely N-dealkylation sites (tertiary alicyclic amines) is 1. The van der Waals surface area contributed by atoms with Crippen LogP contribution in [0.25, 0.3) is 0 Å². The normalized spacial score (nSPS) is 25.2. The molecule has 23 heavy (non-hydrogen) atoms. The first-order valence-electron chi connectivity index (χ1n) is 8.69. The van der Waals surface area contributed by atoms with E-state index in [9.17, 15) is 5.11 Å². The van der Waals surface area contributed by atoms with Crippen molar-refractivity contribution in [1.82, 2.24) is 14.9 Å². The highest BCUT2D eigenvalue weighted by atomic mass is 16.5. The Morgan fingerprint density at radius 2 is 2.13 bits per heavy atom. The quantitative estimate of drug-likeness (QED) is 0.852. The molecule has 0 radical (unpaired) electrons. The molecule has 2 N–H and O–H groups in total. The van der Waals surface area contributed by atoms with Gasteiger partial charge in [-0.2, -0.15) is 0 Å². The maximum absolute atomic E-state index is 10.7. The molecule has 0 aliphatic carbocycles. The van der Waals surface area contributed by atoms with Crippen LogP contribution in [0, 0.1) is 5.92 Å². The molecule has 0 saturated carbocycles. The van der Waals surface area contributed by atoms with E-state index in [0.717, 1.165) is 50.4 Å². The zero-order valence-corrected chi connectivity index (χ0v) is 14.0. The summed E-state index contributed by atoms with van der Waals surface area (Å²) >= 11 is 0. The number of piperidine rings is 1. The molecule has 0 unspecified atom stereocenters. The van der Waals surface area contributed by atoms with E-state index in [1.54, 1.807) is 12.4 Å². The number of aromatic nitrogens is 2. The van der Waals surface area contributed by atoms with Gasteiger partial charge in [-0.05, 0) is 31.7 Å². The summed E-state index contributed by atoms with van der Waals surface area (Å²) in [6.07, 6.45) is 8.35. The van der Waals surface area contributed by atoms with E-state index in [4.69, 9.17) is 4.74 Å². The molecule has 6 nitrogen and oxygen atoms in total. The first-order chi connectivity index (χ1) is 11.2. The van der Waals surface area contributed by atoms with E-state index in [1.807, 2.05) is 7.05 Å². The highest BCUT2D eigenvalue weighted by Crippen LogP contribution is 2.27. The summed E-state index contributed by atoms with van der Waals surface area (Å²) in [6, 6.07) is 0. The Morgan fingerprint density at radius 3 is 2.91 bits per heavy atom. The van der Waals surface area contributed by atoms with Crippen LogP contribution in [0.5, 0.6) is 0 Å². The molecule has 1 atom stereocenters. The van der Waals surface area contributed by atoms with Crippen LogP contribution in [-0.4, -0.2) is 65.5 Å². The van der Waals surface area contributed by atoms with Crippen LogP contribution >= 0.6 is 0 Å². The van der Waals surface area contributed by atoms with E-state index >= 15 is 0 Å². The van der Waals surface area contributed by atoms with Crippen molar-refractivity contribution < 1.29 is 9.84 Å². The highest BCUT2D eigenvalue weighted by molar-refractivity contribution is 5.38. The van der Waals surface area contributed by atoms with Gasteiger partial charge in [-0.1, -0.05) is 0 Å².